The van der Waals surface area contributed by atoms with Gasteiger partial charge in [0.15, 0.2) is 0 Å². The molecular formula is C15H23NO3. The van der Waals surface area contributed by atoms with Crippen molar-refractivity contribution in [1.29, 1.82) is 0 Å². The Kier molecular flexibility index (Phi) is 4.66. The number of fused-ring (bicyclic) bond motifs is 1. The molecule has 0 aromatic heterocycles. The second kappa shape index (κ2) is 6.26. The topological polar surface area (TPSA) is 50.7 Å². The second-order valence-corrected chi connectivity index (χ2v) is 5.10. The van der Waals surface area contributed by atoms with Gasteiger partial charge in [-0.25, -0.2) is 0 Å². The summed E-state index contributed by atoms with van der Waals surface area (Å²) in [6.07, 6.45) is 1.18. The molecule has 0 radical (unpaired) electrons. The highest BCUT2D eigenvalue weighted by Gasteiger charge is 2.21. The van der Waals surface area contributed by atoms with Gasteiger partial charge in [-0.2, -0.15) is 0 Å². The number of benzene rings is 1. The lowest BCUT2D eigenvalue weighted by Crippen LogP contribution is -2.28. The van der Waals surface area contributed by atoms with Crippen LogP contribution in [0.5, 0.6) is 11.5 Å². The Morgan fingerprint density at radius 3 is 3.00 bits per heavy atom. The van der Waals surface area contributed by atoms with E-state index in [9.17, 15) is 0 Å². The van der Waals surface area contributed by atoms with E-state index in [1.54, 1.807) is 0 Å². The number of hydrogen-bond acceptors (Lipinski definition) is 4. The predicted octanol–water partition coefficient (Wildman–Crippen LogP) is 1.88. The first kappa shape index (κ1) is 14.2. The molecule has 4 nitrogen and oxygen atoms in total. The summed E-state index contributed by atoms with van der Waals surface area (Å²) in [7, 11) is 0. The van der Waals surface area contributed by atoms with E-state index in [0.29, 0.717) is 13.2 Å². The Bertz CT molecular complexity index is 434. The van der Waals surface area contributed by atoms with Crippen LogP contribution in [0.15, 0.2) is 12.1 Å². The molecular weight excluding hydrogens is 242 g/mol. The van der Waals surface area contributed by atoms with E-state index in [2.05, 4.69) is 24.4 Å². The van der Waals surface area contributed by atoms with E-state index >= 15 is 0 Å². The third-order valence-corrected chi connectivity index (χ3v) is 3.29. The van der Waals surface area contributed by atoms with Gasteiger partial charge < -0.3 is 19.9 Å². The van der Waals surface area contributed by atoms with E-state index in [-0.39, 0.29) is 18.8 Å². The Morgan fingerprint density at radius 1 is 1.53 bits per heavy atom. The largest absolute Gasteiger partial charge is 0.494 e. The summed E-state index contributed by atoms with van der Waals surface area (Å²) in [5, 5.41) is 12.3. The van der Waals surface area contributed by atoms with Gasteiger partial charge in [-0.05, 0) is 32.9 Å². The molecule has 2 rings (SSSR count). The van der Waals surface area contributed by atoms with E-state index in [1.807, 2.05) is 13.8 Å². The highest BCUT2D eigenvalue weighted by atomic mass is 16.5. The summed E-state index contributed by atoms with van der Waals surface area (Å²) in [6, 6.07) is 4.21. The molecule has 1 aliphatic rings. The van der Waals surface area contributed by atoms with Gasteiger partial charge in [-0.3, -0.25) is 0 Å². The first-order valence-electron chi connectivity index (χ1n) is 6.93. The summed E-state index contributed by atoms with van der Waals surface area (Å²) in [4.78, 5) is 0. The number of nitrogens with one attached hydrogen (secondary N) is 1. The first-order chi connectivity index (χ1) is 9.13. The molecule has 0 fully saturated rings. The highest BCUT2D eigenvalue weighted by molar-refractivity contribution is 5.48. The zero-order valence-corrected chi connectivity index (χ0v) is 11.9. The lowest BCUT2D eigenvalue weighted by molar-refractivity contribution is 0.249. The lowest BCUT2D eigenvalue weighted by atomic mass is 10.1. The fourth-order valence-electron chi connectivity index (χ4n) is 2.26. The summed E-state index contributed by atoms with van der Waals surface area (Å²) < 4.78 is 11.5. The standard InChI is InChI=1S/C15H23NO3/c1-4-18-14-6-12-5-11(3)19-15(12)7-13(14)8-16-10(2)9-17/h6-7,10-11,16-17H,4-5,8-9H2,1-3H3/t10-,11+/m1/s1. The molecule has 2 atom stereocenters. The fraction of sp³-hybridized carbons (Fsp3) is 0.600. The Labute approximate surface area is 114 Å². The minimum Gasteiger partial charge on any atom is -0.494 e. The fourth-order valence-corrected chi connectivity index (χ4v) is 2.26. The van der Waals surface area contributed by atoms with Gasteiger partial charge >= 0.3 is 0 Å². The molecule has 1 aromatic carbocycles. The van der Waals surface area contributed by atoms with Crippen molar-refractivity contribution in [3.8, 4) is 11.5 Å². The average molecular weight is 265 g/mol. The Morgan fingerprint density at radius 2 is 2.32 bits per heavy atom. The van der Waals surface area contributed by atoms with Crippen LogP contribution in [0, 0.1) is 0 Å². The van der Waals surface area contributed by atoms with Crippen LogP contribution >= 0.6 is 0 Å². The van der Waals surface area contributed by atoms with Crippen molar-refractivity contribution in [2.24, 2.45) is 0 Å². The third kappa shape index (κ3) is 3.39. The van der Waals surface area contributed by atoms with Crippen molar-refractivity contribution >= 4 is 0 Å². The van der Waals surface area contributed by atoms with Crippen LogP contribution in [0.2, 0.25) is 0 Å². The van der Waals surface area contributed by atoms with Gasteiger partial charge in [0.2, 0.25) is 0 Å². The monoisotopic (exact) mass is 265 g/mol. The van der Waals surface area contributed by atoms with Gasteiger partial charge in [0.05, 0.1) is 13.2 Å². The first-order valence-corrected chi connectivity index (χ1v) is 6.93. The maximum Gasteiger partial charge on any atom is 0.124 e. The molecule has 2 N–H and O–H groups in total. The number of hydrogen-bond donors (Lipinski definition) is 2. The van der Waals surface area contributed by atoms with Crippen LogP contribution in [0.3, 0.4) is 0 Å². The molecule has 0 aliphatic carbocycles. The van der Waals surface area contributed by atoms with Gasteiger partial charge in [0.1, 0.15) is 17.6 Å². The van der Waals surface area contributed by atoms with Crippen molar-refractivity contribution in [2.75, 3.05) is 13.2 Å². The number of aliphatic hydroxyl groups is 1. The number of rotatable bonds is 6. The van der Waals surface area contributed by atoms with E-state index in [4.69, 9.17) is 14.6 Å². The van der Waals surface area contributed by atoms with Crippen molar-refractivity contribution in [1.82, 2.24) is 5.32 Å². The molecule has 0 unspecified atom stereocenters. The Hall–Kier alpha value is -1.26. The van der Waals surface area contributed by atoms with Gasteiger partial charge in [0.25, 0.3) is 0 Å². The number of ether oxygens (including phenoxy) is 2. The van der Waals surface area contributed by atoms with Gasteiger partial charge in [-0.15, -0.1) is 0 Å². The van der Waals surface area contributed by atoms with E-state index < -0.39 is 0 Å². The van der Waals surface area contributed by atoms with E-state index in [0.717, 1.165) is 23.5 Å². The lowest BCUT2D eigenvalue weighted by Gasteiger charge is -2.15. The zero-order chi connectivity index (χ0) is 13.8. The molecule has 0 bridgehead atoms. The summed E-state index contributed by atoms with van der Waals surface area (Å²) in [6.45, 7) is 7.46. The average Bonchev–Trinajstić information content (AvgIpc) is 2.75. The molecule has 106 valence electrons. The zero-order valence-electron chi connectivity index (χ0n) is 11.9. The third-order valence-electron chi connectivity index (χ3n) is 3.29. The van der Waals surface area contributed by atoms with Crippen molar-refractivity contribution in [2.45, 2.75) is 45.9 Å². The van der Waals surface area contributed by atoms with Gasteiger partial charge in [-0.1, -0.05) is 0 Å². The molecule has 1 aliphatic heterocycles. The van der Waals surface area contributed by atoms with Crippen LogP contribution in [0.4, 0.5) is 0 Å². The van der Waals surface area contributed by atoms with Crippen LogP contribution < -0.4 is 14.8 Å². The maximum absolute atomic E-state index is 9.06. The normalized spacial score (nSPS) is 18.8. The molecule has 0 saturated carbocycles. The predicted molar refractivity (Wildman–Crippen MR) is 74.8 cm³/mol. The highest BCUT2D eigenvalue weighted by Crippen LogP contribution is 2.35. The summed E-state index contributed by atoms with van der Waals surface area (Å²) >= 11 is 0. The summed E-state index contributed by atoms with van der Waals surface area (Å²) in [5.74, 6) is 1.88. The van der Waals surface area contributed by atoms with Crippen molar-refractivity contribution < 1.29 is 14.6 Å². The molecule has 0 amide bonds. The van der Waals surface area contributed by atoms with Crippen LogP contribution in [0.25, 0.3) is 0 Å². The summed E-state index contributed by atoms with van der Waals surface area (Å²) in [5.41, 5.74) is 2.30. The quantitative estimate of drug-likeness (QED) is 0.824. The Balaban J connectivity index is 2.18. The molecule has 0 spiro atoms. The van der Waals surface area contributed by atoms with Crippen LogP contribution in [-0.2, 0) is 13.0 Å². The van der Waals surface area contributed by atoms with Crippen LogP contribution in [-0.4, -0.2) is 30.5 Å². The van der Waals surface area contributed by atoms with E-state index in [1.165, 1.54) is 5.56 Å². The minimum atomic E-state index is 0.0718. The van der Waals surface area contributed by atoms with Gasteiger partial charge in [0, 0.05) is 30.1 Å². The molecule has 4 heteroatoms. The maximum atomic E-state index is 9.06. The number of aliphatic hydroxyl groups excluding tert-OH is 1. The molecule has 1 aromatic rings. The molecule has 1 heterocycles. The molecule has 0 saturated heterocycles. The van der Waals surface area contributed by atoms with Crippen molar-refractivity contribution in [3.05, 3.63) is 23.3 Å². The molecule has 19 heavy (non-hydrogen) atoms. The SMILES string of the molecule is CCOc1cc2c(cc1CN[C@H](C)CO)O[C@@H](C)C2. The smallest absolute Gasteiger partial charge is 0.124 e. The minimum absolute atomic E-state index is 0.0718. The second-order valence-electron chi connectivity index (χ2n) is 5.10. The van der Waals surface area contributed by atoms with Crippen molar-refractivity contribution in [3.63, 3.8) is 0 Å². The van der Waals surface area contributed by atoms with Crippen LogP contribution in [0.1, 0.15) is 31.9 Å².